The first-order valence-electron chi connectivity index (χ1n) is 6.98. The summed E-state index contributed by atoms with van der Waals surface area (Å²) in [7, 11) is 1.69. The fraction of sp³-hybridized carbons (Fsp3) is 0.294. The lowest BCUT2D eigenvalue weighted by atomic mass is 9.98. The molecule has 0 aromatic heterocycles. The van der Waals surface area contributed by atoms with Gasteiger partial charge < -0.3 is 10.1 Å². The minimum Gasteiger partial charge on any atom is -0.497 e. The summed E-state index contributed by atoms with van der Waals surface area (Å²) in [5.74, 6) is 0.864. The molecule has 1 N–H and O–H groups in total. The normalized spacial score (nSPS) is 12.2. The maximum atomic E-state index is 5.29. The van der Waals surface area contributed by atoms with Gasteiger partial charge in [-0.05, 0) is 64.9 Å². The van der Waals surface area contributed by atoms with Gasteiger partial charge in [-0.15, -0.1) is 0 Å². The van der Waals surface area contributed by atoms with Crippen molar-refractivity contribution in [2.24, 2.45) is 0 Å². The lowest BCUT2D eigenvalue weighted by Gasteiger charge is -2.22. The van der Waals surface area contributed by atoms with E-state index in [1.807, 2.05) is 12.1 Å². The van der Waals surface area contributed by atoms with Crippen LogP contribution in [0.1, 0.15) is 30.5 Å². The second-order valence-corrected chi connectivity index (χ2v) is 6.81. The lowest BCUT2D eigenvalue weighted by Crippen LogP contribution is -2.24. The number of hydrogen-bond acceptors (Lipinski definition) is 2. The third kappa shape index (κ3) is 4.20. The second-order valence-electron chi connectivity index (χ2n) is 4.80. The van der Waals surface area contributed by atoms with Crippen LogP contribution in [-0.2, 0) is 0 Å². The average Bonchev–Trinajstić information content (AvgIpc) is 2.50. The van der Waals surface area contributed by atoms with Gasteiger partial charge in [-0.25, -0.2) is 0 Å². The molecule has 0 aliphatic heterocycles. The quantitative estimate of drug-likeness (QED) is 0.603. The third-order valence-corrected chi connectivity index (χ3v) is 5.00. The smallest absolute Gasteiger partial charge is 0.120 e. The van der Waals surface area contributed by atoms with Crippen LogP contribution < -0.4 is 10.1 Å². The molecular formula is C17H19BrINO. The van der Waals surface area contributed by atoms with E-state index in [4.69, 9.17) is 4.74 Å². The summed E-state index contributed by atoms with van der Waals surface area (Å²) in [5.41, 5.74) is 2.53. The highest BCUT2D eigenvalue weighted by Crippen LogP contribution is 2.33. The van der Waals surface area contributed by atoms with Crippen molar-refractivity contribution in [3.63, 3.8) is 0 Å². The fourth-order valence-electron chi connectivity index (χ4n) is 2.25. The van der Waals surface area contributed by atoms with Crippen LogP contribution in [0.5, 0.6) is 5.75 Å². The van der Waals surface area contributed by atoms with E-state index in [0.717, 1.165) is 23.2 Å². The van der Waals surface area contributed by atoms with E-state index in [1.165, 1.54) is 14.7 Å². The molecular weight excluding hydrogens is 441 g/mol. The number of hydrogen-bond donors (Lipinski definition) is 1. The Morgan fingerprint density at radius 2 is 1.95 bits per heavy atom. The molecule has 1 unspecified atom stereocenters. The highest BCUT2D eigenvalue weighted by molar-refractivity contribution is 14.1. The van der Waals surface area contributed by atoms with Gasteiger partial charge >= 0.3 is 0 Å². The zero-order valence-electron chi connectivity index (χ0n) is 12.2. The van der Waals surface area contributed by atoms with Gasteiger partial charge in [-0.2, -0.15) is 0 Å². The second kappa shape index (κ2) is 8.15. The summed E-state index contributed by atoms with van der Waals surface area (Å²) in [6, 6.07) is 14.8. The van der Waals surface area contributed by atoms with Gasteiger partial charge in [-0.3, -0.25) is 0 Å². The Kier molecular flexibility index (Phi) is 6.51. The van der Waals surface area contributed by atoms with E-state index < -0.39 is 0 Å². The Labute approximate surface area is 148 Å². The summed E-state index contributed by atoms with van der Waals surface area (Å²) in [4.78, 5) is 0. The number of nitrogens with one attached hydrogen (secondary N) is 1. The molecule has 0 amide bonds. The summed E-state index contributed by atoms with van der Waals surface area (Å²) in [6.07, 6.45) is 1.10. The molecule has 0 saturated heterocycles. The molecule has 0 bridgehead atoms. The minimum absolute atomic E-state index is 0.179. The first-order chi connectivity index (χ1) is 10.2. The van der Waals surface area contributed by atoms with E-state index in [2.05, 4.69) is 81.1 Å². The Bertz CT molecular complexity index is 603. The molecule has 2 rings (SSSR count). The topological polar surface area (TPSA) is 21.3 Å². The molecule has 0 radical (unpaired) electrons. The van der Waals surface area contributed by atoms with Gasteiger partial charge in [0.2, 0.25) is 0 Å². The van der Waals surface area contributed by atoms with Crippen LogP contribution >= 0.6 is 38.5 Å². The molecule has 0 saturated carbocycles. The monoisotopic (exact) mass is 459 g/mol. The molecule has 2 aromatic rings. The van der Waals surface area contributed by atoms with Crippen LogP contribution in [0.2, 0.25) is 0 Å². The molecule has 21 heavy (non-hydrogen) atoms. The molecule has 0 spiro atoms. The van der Waals surface area contributed by atoms with E-state index in [1.54, 1.807) is 7.11 Å². The molecule has 0 fully saturated rings. The first-order valence-corrected chi connectivity index (χ1v) is 8.85. The molecule has 0 heterocycles. The molecule has 112 valence electrons. The van der Waals surface area contributed by atoms with Crippen molar-refractivity contribution >= 4 is 38.5 Å². The molecule has 0 aliphatic carbocycles. The third-order valence-electron chi connectivity index (χ3n) is 3.33. The molecule has 2 nitrogen and oxygen atoms in total. The maximum absolute atomic E-state index is 5.29. The van der Waals surface area contributed by atoms with Crippen molar-refractivity contribution < 1.29 is 4.74 Å². The van der Waals surface area contributed by atoms with Crippen molar-refractivity contribution in [2.45, 2.75) is 19.4 Å². The predicted molar refractivity (Wildman–Crippen MR) is 100.0 cm³/mol. The summed E-state index contributed by atoms with van der Waals surface area (Å²) in [6.45, 7) is 3.16. The molecule has 1 atom stereocenters. The van der Waals surface area contributed by atoms with Crippen LogP contribution in [0.25, 0.3) is 0 Å². The number of ether oxygens (including phenoxy) is 1. The van der Waals surface area contributed by atoms with Gasteiger partial charge in [0.25, 0.3) is 0 Å². The van der Waals surface area contributed by atoms with Crippen molar-refractivity contribution in [3.8, 4) is 5.75 Å². The van der Waals surface area contributed by atoms with Gasteiger partial charge in [0, 0.05) is 8.04 Å². The molecule has 0 aliphatic rings. The Hall–Kier alpha value is -0.590. The lowest BCUT2D eigenvalue weighted by molar-refractivity contribution is 0.414. The van der Waals surface area contributed by atoms with E-state index >= 15 is 0 Å². The van der Waals surface area contributed by atoms with Gasteiger partial charge in [0.15, 0.2) is 0 Å². The number of halogens is 2. The minimum atomic E-state index is 0.179. The highest BCUT2D eigenvalue weighted by Gasteiger charge is 2.18. The van der Waals surface area contributed by atoms with Crippen LogP contribution in [0.3, 0.4) is 0 Å². The fourth-order valence-corrected chi connectivity index (χ4v) is 3.54. The highest BCUT2D eigenvalue weighted by atomic mass is 127. The van der Waals surface area contributed by atoms with Gasteiger partial charge in [0.05, 0.1) is 13.2 Å². The summed E-state index contributed by atoms with van der Waals surface area (Å²) >= 11 is 6.08. The molecule has 4 heteroatoms. The Morgan fingerprint density at radius 1 is 1.19 bits per heavy atom. The average molecular weight is 460 g/mol. The predicted octanol–water partition coefficient (Wildman–Crippen LogP) is 5.15. The van der Waals surface area contributed by atoms with Crippen molar-refractivity contribution in [3.05, 3.63) is 61.6 Å². The van der Waals surface area contributed by atoms with E-state index in [-0.39, 0.29) is 6.04 Å². The largest absolute Gasteiger partial charge is 0.497 e. The van der Waals surface area contributed by atoms with Crippen LogP contribution in [-0.4, -0.2) is 13.7 Å². The number of benzene rings is 2. The SMILES string of the molecule is CCCNC(c1ccc(OC)cc1Br)c1ccccc1I. The first kappa shape index (κ1) is 16.8. The molecule has 2 aromatic carbocycles. The number of rotatable bonds is 6. The van der Waals surface area contributed by atoms with Crippen molar-refractivity contribution in [1.82, 2.24) is 5.32 Å². The Morgan fingerprint density at radius 3 is 2.57 bits per heavy atom. The summed E-state index contributed by atoms with van der Waals surface area (Å²) in [5, 5.41) is 3.65. The zero-order chi connectivity index (χ0) is 15.2. The maximum Gasteiger partial charge on any atom is 0.120 e. The van der Waals surface area contributed by atoms with Crippen LogP contribution in [0.15, 0.2) is 46.9 Å². The van der Waals surface area contributed by atoms with Gasteiger partial charge in [0.1, 0.15) is 5.75 Å². The van der Waals surface area contributed by atoms with E-state index in [0.29, 0.717) is 0 Å². The number of methoxy groups -OCH3 is 1. The van der Waals surface area contributed by atoms with Crippen LogP contribution in [0.4, 0.5) is 0 Å². The Balaban J connectivity index is 2.43. The van der Waals surface area contributed by atoms with Gasteiger partial charge in [-0.1, -0.05) is 47.1 Å². The van der Waals surface area contributed by atoms with E-state index in [9.17, 15) is 0 Å². The van der Waals surface area contributed by atoms with Crippen molar-refractivity contribution in [1.29, 1.82) is 0 Å². The van der Waals surface area contributed by atoms with Crippen LogP contribution in [0, 0.1) is 3.57 Å². The summed E-state index contributed by atoms with van der Waals surface area (Å²) < 4.78 is 7.62. The standard InChI is InChI=1S/C17H19BrINO/c1-3-10-20-17(14-6-4-5-7-16(14)19)13-9-8-12(21-2)11-15(13)18/h4-9,11,17,20H,3,10H2,1-2H3. The zero-order valence-corrected chi connectivity index (χ0v) is 15.9. The van der Waals surface area contributed by atoms with Crippen molar-refractivity contribution in [2.75, 3.05) is 13.7 Å².